The Labute approximate surface area is 93.0 Å². The van der Waals surface area contributed by atoms with E-state index in [1.165, 1.54) is 0 Å². The third kappa shape index (κ3) is 40.3. The van der Waals surface area contributed by atoms with Gasteiger partial charge in [-0.25, -0.2) is 0 Å². The zero-order chi connectivity index (χ0) is 12.0. The standard InChI is InChI=1S/C2H4O2S2.2C2H6O2/c3-1(4)2(5)6;2*3-1-2-4/h2,5-6H,(H,3,4);2*3-4H,1-2H2. The fraction of sp³-hybridized carbons (Fsp3) is 0.833. The van der Waals surface area contributed by atoms with Crippen LogP contribution in [0.15, 0.2) is 0 Å². The van der Waals surface area contributed by atoms with Crippen molar-refractivity contribution >= 4 is 31.2 Å². The van der Waals surface area contributed by atoms with Crippen LogP contribution in [0.3, 0.4) is 0 Å². The van der Waals surface area contributed by atoms with Crippen molar-refractivity contribution in [2.45, 2.75) is 4.58 Å². The predicted octanol–water partition coefficient (Wildman–Crippen LogP) is -1.80. The Hall–Kier alpha value is 0.01000. The molecule has 5 N–H and O–H groups in total. The maximum Gasteiger partial charge on any atom is 0.326 e. The molecule has 0 bridgehead atoms. The topological polar surface area (TPSA) is 118 Å². The van der Waals surface area contributed by atoms with Gasteiger partial charge in [0.05, 0.1) is 26.4 Å². The molecule has 0 spiro atoms. The molecule has 0 aromatic carbocycles. The summed E-state index contributed by atoms with van der Waals surface area (Å²) in [6, 6.07) is 0. The van der Waals surface area contributed by atoms with Crippen molar-refractivity contribution in [3.8, 4) is 0 Å². The number of aliphatic carboxylic acids is 1. The molecule has 0 radical (unpaired) electrons. The number of carboxylic acids is 1. The highest BCUT2D eigenvalue weighted by molar-refractivity contribution is 8.00. The Morgan fingerprint density at radius 1 is 0.929 bits per heavy atom. The van der Waals surface area contributed by atoms with Crippen molar-refractivity contribution in [2.24, 2.45) is 0 Å². The van der Waals surface area contributed by atoms with Crippen molar-refractivity contribution < 1.29 is 30.3 Å². The van der Waals surface area contributed by atoms with Gasteiger partial charge < -0.3 is 25.5 Å². The Bertz CT molecular complexity index is 102. The quantitative estimate of drug-likeness (QED) is 0.234. The normalized spacial score (nSPS) is 8.21. The van der Waals surface area contributed by atoms with E-state index in [2.05, 4.69) is 25.3 Å². The fourth-order valence-corrected chi connectivity index (χ4v) is 0. The first-order chi connectivity index (χ1) is 6.47. The van der Waals surface area contributed by atoms with Crippen LogP contribution >= 0.6 is 25.3 Å². The number of hydrogen-bond acceptors (Lipinski definition) is 7. The predicted molar refractivity (Wildman–Crippen MR) is 57.7 cm³/mol. The Morgan fingerprint density at radius 2 is 1.07 bits per heavy atom. The van der Waals surface area contributed by atoms with Crippen molar-refractivity contribution in [2.75, 3.05) is 26.4 Å². The van der Waals surface area contributed by atoms with E-state index in [1.807, 2.05) is 0 Å². The molecule has 8 heteroatoms. The third-order valence-electron chi connectivity index (χ3n) is 0.421. The summed E-state index contributed by atoms with van der Waals surface area (Å²) in [6.45, 7) is -0.500. The van der Waals surface area contributed by atoms with E-state index in [-0.39, 0.29) is 26.4 Å². The summed E-state index contributed by atoms with van der Waals surface area (Å²) in [6.07, 6.45) is 0. The maximum absolute atomic E-state index is 9.55. The first-order valence-electron chi connectivity index (χ1n) is 3.50. The molecule has 0 aromatic heterocycles. The minimum absolute atomic E-state index is 0.125. The SMILES string of the molecule is O=C(O)C(S)S.OCCO.OCCO. The molecule has 0 saturated heterocycles. The largest absolute Gasteiger partial charge is 0.480 e. The van der Waals surface area contributed by atoms with Crippen molar-refractivity contribution in [3.05, 3.63) is 0 Å². The minimum atomic E-state index is -1.01. The summed E-state index contributed by atoms with van der Waals surface area (Å²) in [5.74, 6) is -1.01. The number of aliphatic hydroxyl groups is 4. The molecule has 0 rings (SSSR count). The molecule has 88 valence electrons. The van der Waals surface area contributed by atoms with E-state index < -0.39 is 10.6 Å². The van der Waals surface area contributed by atoms with Crippen LogP contribution in [0.25, 0.3) is 0 Å². The van der Waals surface area contributed by atoms with E-state index in [1.54, 1.807) is 0 Å². The molecule has 0 aliphatic rings. The summed E-state index contributed by atoms with van der Waals surface area (Å²) < 4.78 is -0.843. The van der Waals surface area contributed by atoms with Gasteiger partial charge in [0.2, 0.25) is 0 Å². The summed E-state index contributed by atoms with van der Waals surface area (Å²) in [4.78, 5) is 9.55. The van der Waals surface area contributed by atoms with Gasteiger partial charge >= 0.3 is 5.97 Å². The van der Waals surface area contributed by atoms with Gasteiger partial charge in [-0.2, -0.15) is 25.3 Å². The summed E-state index contributed by atoms with van der Waals surface area (Å²) >= 11 is 6.92. The van der Waals surface area contributed by atoms with Crippen LogP contribution in [0.1, 0.15) is 0 Å². The van der Waals surface area contributed by atoms with Gasteiger partial charge in [0.25, 0.3) is 0 Å². The van der Waals surface area contributed by atoms with Gasteiger partial charge in [-0.15, -0.1) is 0 Å². The average Bonchev–Trinajstić information content (AvgIpc) is 2.18. The number of carbonyl (C=O) groups is 1. The summed E-state index contributed by atoms with van der Waals surface area (Å²) in [7, 11) is 0. The van der Waals surface area contributed by atoms with Crippen molar-refractivity contribution in [1.82, 2.24) is 0 Å². The van der Waals surface area contributed by atoms with Crippen LogP contribution in [-0.4, -0.2) is 62.5 Å². The van der Waals surface area contributed by atoms with Crippen molar-refractivity contribution in [1.29, 1.82) is 0 Å². The molecule has 0 amide bonds. The molecule has 0 fully saturated rings. The molecule has 0 aliphatic heterocycles. The summed E-state index contributed by atoms with van der Waals surface area (Å²) in [5, 5.41) is 38.3. The fourth-order valence-electron chi connectivity index (χ4n) is 0. The second-order valence-corrected chi connectivity index (χ2v) is 3.05. The molecule has 0 heterocycles. The monoisotopic (exact) mass is 248 g/mol. The first kappa shape index (κ1) is 19.6. The van der Waals surface area contributed by atoms with Gasteiger partial charge in [-0.05, 0) is 0 Å². The van der Waals surface area contributed by atoms with E-state index in [9.17, 15) is 4.79 Å². The zero-order valence-electron chi connectivity index (χ0n) is 7.44. The molecular weight excluding hydrogens is 232 g/mol. The highest BCUT2D eigenvalue weighted by Gasteiger charge is 2.01. The second-order valence-electron chi connectivity index (χ2n) is 1.61. The Morgan fingerprint density at radius 3 is 1.07 bits per heavy atom. The Balaban J connectivity index is -0.000000135. The molecule has 0 saturated carbocycles. The highest BCUT2D eigenvalue weighted by atomic mass is 32.2. The second kappa shape index (κ2) is 18.7. The lowest BCUT2D eigenvalue weighted by Crippen LogP contribution is -2.04. The molecule has 14 heavy (non-hydrogen) atoms. The van der Waals surface area contributed by atoms with E-state index in [0.717, 1.165) is 0 Å². The number of rotatable bonds is 3. The lowest BCUT2D eigenvalue weighted by Gasteiger charge is -1.87. The van der Waals surface area contributed by atoms with Crippen LogP contribution in [-0.2, 0) is 4.79 Å². The lowest BCUT2D eigenvalue weighted by molar-refractivity contribution is -0.134. The molecule has 0 atom stereocenters. The van der Waals surface area contributed by atoms with Gasteiger partial charge in [-0.3, -0.25) is 4.79 Å². The van der Waals surface area contributed by atoms with Crippen LogP contribution in [0.2, 0.25) is 0 Å². The van der Waals surface area contributed by atoms with Gasteiger partial charge in [0.1, 0.15) is 4.58 Å². The molecule has 0 unspecified atom stereocenters. The Kier molecular flexibility index (Phi) is 26.2. The van der Waals surface area contributed by atoms with E-state index >= 15 is 0 Å². The summed E-state index contributed by atoms with van der Waals surface area (Å²) in [5.41, 5.74) is 0. The number of thiol groups is 2. The number of carboxylic acid groups (broad SMARTS) is 1. The minimum Gasteiger partial charge on any atom is -0.480 e. The lowest BCUT2D eigenvalue weighted by atomic mass is 10.8. The van der Waals surface area contributed by atoms with Crippen LogP contribution in [0.5, 0.6) is 0 Å². The van der Waals surface area contributed by atoms with Gasteiger partial charge in [0.15, 0.2) is 0 Å². The van der Waals surface area contributed by atoms with Crippen molar-refractivity contribution in [3.63, 3.8) is 0 Å². The molecular formula is C6H16O6S2. The maximum atomic E-state index is 9.55. The van der Waals surface area contributed by atoms with Crippen LogP contribution in [0.4, 0.5) is 0 Å². The highest BCUT2D eigenvalue weighted by Crippen LogP contribution is 1.96. The smallest absolute Gasteiger partial charge is 0.326 e. The molecule has 0 aliphatic carbocycles. The number of hydrogen-bond donors (Lipinski definition) is 7. The molecule has 6 nitrogen and oxygen atoms in total. The zero-order valence-corrected chi connectivity index (χ0v) is 9.23. The van der Waals surface area contributed by atoms with Gasteiger partial charge in [-0.1, -0.05) is 0 Å². The van der Waals surface area contributed by atoms with Crippen LogP contribution in [0, 0.1) is 0 Å². The van der Waals surface area contributed by atoms with Gasteiger partial charge in [0, 0.05) is 0 Å². The third-order valence-corrected chi connectivity index (χ3v) is 0.863. The van der Waals surface area contributed by atoms with E-state index in [4.69, 9.17) is 25.5 Å². The van der Waals surface area contributed by atoms with Crippen LogP contribution < -0.4 is 0 Å². The van der Waals surface area contributed by atoms with E-state index in [0.29, 0.717) is 0 Å². The molecule has 0 aromatic rings. The average molecular weight is 248 g/mol. The first-order valence-corrected chi connectivity index (χ1v) is 4.53. The number of aliphatic hydroxyl groups excluding tert-OH is 4.